The predicted molar refractivity (Wildman–Crippen MR) is 121 cm³/mol. The van der Waals surface area contributed by atoms with Gasteiger partial charge >= 0.3 is 5.76 Å². The first-order chi connectivity index (χ1) is 16.0. The van der Waals surface area contributed by atoms with Crippen LogP contribution in [0.25, 0.3) is 11.4 Å². The number of nitrogens with one attached hydrogen (secondary N) is 1. The van der Waals surface area contributed by atoms with Gasteiger partial charge in [0.1, 0.15) is 12.3 Å². The molecule has 9 nitrogen and oxygen atoms in total. The minimum Gasteiger partial charge on any atom is -0.467 e. The molecule has 2 aromatic carbocycles. The highest BCUT2D eigenvalue weighted by atomic mass is 16.5. The standard InChI is InChI=1S/C24H22N4O5/c1-16-8-3-4-10-18(16)22-26-33-24(31)28(22)15-21(29)27(2)20-12-6-5-11-19(20)23(30)25-14-17-9-7-13-32-17/h3-13H,14-15H2,1-2H3,(H,25,30). The van der Waals surface area contributed by atoms with Gasteiger partial charge in [0.2, 0.25) is 5.91 Å². The van der Waals surface area contributed by atoms with Crippen LogP contribution in [0.15, 0.2) is 80.7 Å². The number of aromatic nitrogens is 2. The second kappa shape index (κ2) is 9.39. The summed E-state index contributed by atoms with van der Waals surface area (Å²) in [4.78, 5) is 39.5. The molecule has 168 valence electrons. The van der Waals surface area contributed by atoms with Crippen LogP contribution in [0.5, 0.6) is 0 Å². The molecule has 0 aliphatic rings. The highest BCUT2D eigenvalue weighted by Gasteiger charge is 2.22. The Balaban J connectivity index is 1.56. The lowest BCUT2D eigenvalue weighted by Crippen LogP contribution is -2.35. The fraction of sp³-hybridized carbons (Fsp3) is 0.167. The van der Waals surface area contributed by atoms with Crippen molar-refractivity contribution in [2.24, 2.45) is 0 Å². The number of likely N-dealkylation sites (N-methyl/N-ethyl adjacent to an activating group) is 1. The number of hydrogen-bond donors (Lipinski definition) is 1. The van der Waals surface area contributed by atoms with E-state index in [4.69, 9.17) is 8.94 Å². The van der Waals surface area contributed by atoms with E-state index in [1.165, 1.54) is 15.7 Å². The highest BCUT2D eigenvalue weighted by Crippen LogP contribution is 2.22. The van der Waals surface area contributed by atoms with Crippen molar-refractivity contribution in [3.8, 4) is 11.4 Å². The van der Waals surface area contributed by atoms with Gasteiger partial charge in [0.15, 0.2) is 5.82 Å². The fourth-order valence-electron chi connectivity index (χ4n) is 3.43. The molecule has 0 saturated carbocycles. The van der Waals surface area contributed by atoms with Crippen molar-refractivity contribution in [3.63, 3.8) is 0 Å². The van der Waals surface area contributed by atoms with Gasteiger partial charge in [-0.1, -0.05) is 41.6 Å². The summed E-state index contributed by atoms with van der Waals surface area (Å²) in [5.74, 6) is -0.629. The summed E-state index contributed by atoms with van der Waals surface area (Å²) >= 11 is 0. The number of hydrogen-bond acceptors (Lipinski definition) is 6. The lowest BCUT2D eigenvalue weighted by atomic mass is 10.1. The number of aryl methyl sites for hydroxylation is 1. The Hall–Kier alpha value is -4.40. The van der Waals surface area contributed by atoms with Crippen molar-refractivity contribution in [1.82, 2.24) is 15.0 Å². The number of furan rings is 1. The molecule has 33 heavy (non-hydrogen) atoms. The van der Waals surface area contributed by atoms with E-state index in [0.717, 1.165) is 5.56 Å². The van der Waals surface area contributed by atoms with Gasteiger partial charge in [-0.15, -0.1) is 0 Å². The molecule has 0 bridgehead atoms. The van der Waals surface area contributed by atoms with E-state index in [0.29, 0.717) is 22.6 Å². The first kappa shape index (κ1) is 21.8. The average Bonchev–Trinajstić information content (AvgIpc) is 3.47. The number of carbonyl (C=O) groups excluding carboxylic acids is 2. The Bertz CT molecular complexity index is 1340. The average molecular weight is 446 g/mol. The maximum Gasteiger partial charge on any atom is 0.442 e. The van der Waals surface area contributed by atoms with Gasteiger partial charge in [-0.2, -0.15) is 0 Å². The summed E-state index contributed by atoms with van der Waals surface area (Å²) < 4.78 is 11.3. The van der Waals surface area contributed by atoms with Crippen molar-refractivity contribution in [2.45, 2.75) is 20.0 Å². The van der Waals surface area contributed by atoms with Crippen LogP contribution in [-0.2, 0) is 17.9 Å². The zero-order chi connectivity index (χ0) is 23.4. The molecular formula is C24H22N4O5. The van der Waals surface area contributed by atoms with Gasteiger partial charge < -0.3 is 14.6 Å². The summed E-state index contributed by atoms with van der Waals surface area (Å²) in [6.07, 6.45) is 1.53. The summed E-state index contributed by atoms with van der Waals surface area (Å²) in [5.41, 5.74) is 2.30. The van der Waals surface area contributed by atoms with Crippen molar-refractivity contribution in [1.29, 1.82) is 0 Å². The summed E-state index contributed by atoms with van der Waals surface area (Å²) in [6, 6.07) is 17.6. The Morgan fingerprint density at radius 3 is 2.58 bits per heavy atom. The van der Waals surface area contributed by atoms with E-state index >= 15 is 0 Å². The van der Waals surface area contributed by atoms with Crippen molar-refractivity contribution < 1.29 is 18.5 Å². The first-order valence-electron chi connectivity index (χ1n) is 10.2. The number of amides is 2. The van der Waals surface area contributed by atoms with E-state index in [-0.39, 0.29) is 24.8 Å². The normalized spacial score (nSPS) is 10.7. The van der Waals surface area contributed by atoms with Crippen LogP contribution in [-0.4, -0.2) is 28.6 Å². The molecule has 4 aromatic rings. The van der Waals surface area contributed by atoms with Crippen molar-refractivity contribution in [2.75, 3.05) is 11.9 Å². The second-order valence-electron chi connectivity index (χ2n) is 7.41. The zero-order valence-corrected chi connectivity index (χ0v) is 18.1. The third kappa shape index (κ3) is 4.62. The maximum atomic E-state index is 13.1. The summed E-state index contributed by atoms with van der Waals surface area (Å²) in [6.45, 7) is 1.79. The molecule has 2 amide bonds. The number of carbonyl (C=O) groups is 2. The molecular weight excluding hydrogens is 424 g/mol. The Labute approximate surface area is 189 Å². The number of para-hydroxylation sites is 1. The predicted octanol–water partition coefficient (Wildman–Crippen LogP) is 3.00. The summed E-state index contributed by atoms with van der Waals surface area (Å²) in [7, 11) is 1.55. The molecule has 0 saturated heterocycles. The molecule has 0 unspecified atom stereocenters. The van der Waals surface area contributed by atoms with Crippen molar-refractivity contribution in [3.05, 3.63) is 94.4 Å². The van der Waals surface area contributed by atoms with Crippen LogP contribution in [0, 0.1) is 6.92 Å². The van der Waals surface area contributed by atoms with E-state index in [2.05, 4.69) is 10.5 Å². The number of anilines is 1. The molecule has 9 heteroatoms. The lowest BCUT2D eigenvalue weighted by Gasteiger charge is -2.20. The van der Waals surface area contributed by atoms with Crippen LogP contribution in [0.4, 0.5) is 5.69 Å². The molecule has 0 atom stereocenters. The third-order valence-electron chi connectivity index (χ3n) is 5.25. The number of nitrogens with zero attached hydrogens (tertiary/aromatic N) is 3. The quantitative estimate of drug-likeness (QED) is 0.467. The minimum absolute atomic E-state index is 0.216. The third-order valence-corrected chi connectivity index (χ3v) is 5.25. The van der Waals surface area contributed by atoms with E-state index in [1.807, 2.05) is 25.1 Å². The van der Waals surface area contributed by atoms with Crippen LogP contribution in [0.3, 0.4) is 0 Å². The molecule has 0 radical (unpaired) electrons. The van der Waals surface area contributed by atoms with E-state index < -0.39 is 11.7 Å². The van der Waals surface area contributed by atoms with Crippen LogP contribution in [0.2, 0.25) is 0 Å². The molecule has 1 N–H and O–H groups in total. The molecule has 0 fully saturated rings. The fourth-order valence-corrected chi connectivity index (χ4v) is 3.43. The SMILES string of the molecule is Cc1ccccc1-c1noc(=O)n1CC(=O)N(C)c1ccccc1C(=O)NCc1ccco1. The Morgan fingerprint density at radius 1 is 1.06 bits per heavy atom. The smallest absolute Gasteiger partial charge is 0.442 e. The van der Waals surface area contributed by atoms with Crippen LogP contribution < -0.4 is 16.0 Å². The van der Waals surface area contributed by atoms with E-state index in [1.54, 1.807) is 49.5 Å². The van der Waals surface area contributed by atoms with Crippen LogP contribution >= 0.6 is 0 Å². The Kier molecular flexibility index (Phi) is 6.21. The maximum absolute atomic E-state index is 13.1. The topological polar surface area (TPSA) is 111 Å². The Morgan fingerprint density at radius 2 is 1.82 bits per heavy atom. The lowest BCUT2D eigenvalue weighted by molar-refractivity contribution is -0.118. The second-order valence-corrected chi connectivity index (χ2v) is 7.41. The van der Waals surface area contributed by atoms with Crippen molar-refractivity contribution >= 4 is 17.5 Å². The molecule has 0 spiro atoms. The number of benzene rings is 2. The zero-order valence-electron chi connectivity index (χ0n) is 18.1. The molecule has 2 heterocycles. The first-order valence-corrected chi connectivity index (χ1v) is 10.2. The van der Waals surface area contributed by atoms with Crippen LogP contribution in [0.1, 0.15) is 21.7 Å². The van der Waals surface area contributed by atoms with Gasteiger partial charge in [-0.05, 0) is 36.8 Å². The largest absolute Gasteiger partial charge is 0.467 e. The van der Waals surface area contributed by atoms with Gasteiger partial charge in [-0.25, -0.2) is 9.36 Å². The molecule has 4 rings (SSSR count). The van der Waals surface area contributed by atoms with E-state index in [9.17, 15) is 14.4 Å². The molecule has 0 aliphatic carbocycles. The van der Waals surface area contributed by atoms with Gasteiger partial charge in [0, 0.05) is 12.6 Å². The minimum atomic E-state index is -0.737. The monoisotopic (exact) mass is 446 g/mol. The van der Waals surface area contributed by atoms with Gasteiger partial charge in [0.05, 0.1) is 24.1 Å². The molecule has 2 aromatic heterocycles. The molecule has 0 aliphatic heterocycles. The van der Waals surface area contributed by atoms with Gasteiger partial charge in [0.25, 0.3) is 5.91 Å². The van der Waals surface area contributed by atoms with Gasteiger partial charge in [-0.3, -0.25) is 14.1 Å². The summed E-state index contributed by atoms with van der Waals surface area (Å²) in [5, 5.41) is 6.63. The number of rotatable bonds is 7. The highest BCUT2D eigenvalue weighted by molar-refractivity contribution is 6.04.